The van der Waals surface area contributed by atoms with Crippen LogP contribution in [0.25, 0.3) is 0 Å². The van der Waals surface area contributed by atoms with E-state index in [2.05, 4.69) is 0 Å². The van der Waals surface area contributed by atoms with Crippen LogP contribution in [0.5, 0.6) is 0 Å². The van der Waals surface area contributed by atoms with Gasteiger partial charge >= 0.3 is 0 Å². The second kappa shape index (κ2) is 7.80. The normalized spacial score (nSPS) is 13.4. The molecule has 0 saturated heterocycles. The topological polar surface area (TPSA) is 34.1 Å². The third kappa shape index (κ3) is 5.87. The van der Waals surface area contributed by atoms with Crippen molar-refractivity contribution in [2.24, 2.45) is 0 Å². The van der Waals surface area contributed by atoms with Crippen molar-refractivity contribution in [1.82, 2.24) is 0 Å². The zero-order valence-corrected chi connectivity index (χ0v) is 12.4. The third-order valence-electron chi connectivity index (χ3n) is 3.01. The summed E-state index contributed by atoms with van der Waals surface area (Å²) in [7, 11) is -2.81. The average molecular weight is 289 g/mol. The molecule has 18 heavy (non-hydrogen) atoms. The Morgan fingerprint density at radius 3 is 2.39 bits per heavy atom. The van der Waals surface area contributed by atoms with Crippen molar-refractivity contribution in [2.45, 2.75) is 38.0 Å². The standard InChI is InChI=1S/C14H21ClO2S/c1-2-18(16,17)12-8-4-7-11-14(15)13-9-5-3-6-10-13/h3,5-6,9-10,14H,2,4,7-8,11-12H2,1H3. The van der Waals surface area contributed by atoms with E-state index in [1.807, 2.05) is 30.3 Å². The first-order chi connectivity index (χ1) is 8.55. The average Bonchev–Trinajstić information content (AvgIpc) is 2.39. The zero-order chi connectivity index (χ0) is 13.4. The first-order valence-corrected chi connectivity index (χ1v) is 8.70. The lowest BCUT2D eigenvalue weighted by Crippen LogP contribution is -2.08. The summed E-state index contributed by atoms with van der Waals surface area (Å²) in [5.41, 5.74) is 1.14. The van der Waals surface area contributed by atoms with Crippen LogP contribution in [0.1, 0.15) is 43.5 Å². The second-order valence-corrected chi connectivity index (χ2v) is 7.46. The fourth-order valence-electron chi connectivity index (χ4n) is 1.80. The molecule has 0 radical (unpaired) electrons. The van der Waals surface area contributed by atoms with Crippen LogP contribution in [0.15, 0.2) is 30.3 Å². The van der Waals surface area contributed by atoms with E-state index in [9.17, 15) is 8.42 Å². The number of hydrogen-bond donors (Lipinski definition) is 0. The molecule has 0 aliphatic heterocycles. The quantitative estimate of drug-likeness (QED) is 0.536. The van der Waals surface area contributed by atoms with Crippen molar-refractivity contribution in [3.8, 4) is 0 Å². The molecule has 0 heterocycles. The summed E-state index contributed by atoms with van der Waals surface area (Å²) in [6, 6.07) is 10.00. The largest absolute Gasteiger partial charge is 0.229 e. The molecule has 4 heteroatoms. The molecule has 1 atom stereocenters. The molecule has 0 aromatic heterocycles. The minimum Gasteiger partial charge on any atom is -0.229 e. The Bertz CT molecular complexity index is 428. The van der Waals surface area contributed by atoms with Crippen LogP contribution in [-0.2, 0) is 9.84 Å². The van der Waals surface area contributed by atoms with E-state index in [4.69, 9.17) is 11.6 Å². The van der Waals surface area contributed by atoms with Crippen LogP contribution in [0, 0.1) is 0 Å². The van der Waals surface area contributed by atoms with Gasteiger partial charge in [0.15, 0.2) is 0 Å². The molecule has 0 fully saturated rings. The van der Waals surface area contributed by atoms with Gasteiger partial charge in [0.1, 0.15) is 9.84 Å². The number of halogens is 1. The highest BCUT2D eigenvalue weighted by atomic mass is 35.5. The van der Waals surface area contributed by atoms with E-state index < -0.39 is 9.84 Å². The minimum atomic E-state index is -2.81. The zero-order valence-electron chi connectivity index (χ0n) is 10.8. The summed E-state index contributed by atoms with van der Waals surface area (Å²) in [6.45, 7) is 1.69. The summed E-state index contributed by atoms with van der Waals surface area (Å²) in [4.78, 5) is 0. The van der Waals surface area contributed by atoms with Crippen LogP contribution in [0.2, 0.25) is 0 Å². The first kappa shape index (κ1) is 15.5. The molecule has 0 spiro atoms. The fraction of sp³-hybridized carbons (Fsp3) is 0.571. The Hall–Kier alpha value is -0.540. The second-order valence-electron chi connectivity index (χ2n) is 4.46. The van der Waals surface area contributed by atoms with E-state index in [0.29, 0.717) is 5.75 Å². The van der Waals surface area contributed by atoms with Crippen molar-refractivity contribution in [2.75, 3.05) is 11.5 Å². The number of benzene rings is 1. The third-order valence-corrected chi connectivity index (χ3v) is 5.27. The van der Waals surface area contributed by atoms with Gasteiger partial charge in [0.05, 0.1) is 11.1 Å². The van der Waals surface area contributed by atoms with Crippen LogP contribution in [-0.4, -0.2) is 19.9 Å². The van der Waals surface area contributed by atoms with E-state index in [-0.39, 0.29) is 11.1 Å². The predicted octanol–water partition coefficient (Wildman–Crippen LogP) is 3.96. The van der Waals surface area contributed by atoms with Crippen LogP contribution >= 0.6 is 11.6 Å². The summed E-state index contributed by atoms with van der Waals surface area (Å²) in [5.74, 6) is 0.553. The van der Waals surface area contributed by atoms with Gasteiger partial charge in [0.25, 0.3) is 0 Å². The molecule has 0 amide bonds. The molecule has 0 aliphatic rings. The van der Waals surface area contributed by atoms with Crippen LogP contribution in [0.4, 0.5) is 0 Å². The summed E-state index contributed by atoms with van der Waals surface area (Å²) >= 11 is 6.28. The Labute approximate surface area is 115 Å². The highest BCUT2D eigenvalue weighted by molar-refractivity contribution is 7.91. The number of unbranched alkanes of at least 4 members (excludes halogenated alkanes) is 2. The first-order valence-electron chi connectivity index (χ1n) is 6.44. The maximum absolute atomic E-state index is 11.3. The molecule has 2 nitrogen and oxygen atoms in total. The maximum Gasteiger partial charge on any atom is 0.150 e. The molecule has 1 rings (SSSR count). The highest BCUT2D eigenvalue weighted by Crippen LogP contribution is 2.26. The summed E-state index contributed by atoms with van der Waals surface area (Å²) in [5, 5.41) is 0.0361. The van der Waals surface area contributed by atoms with Crippen molar-refractivity contribution >= 4 is 21.4 Å². The Morgan fingerprint density at radius 2 is 1.78 bits per heavy atom. The molecule has 0 bridgehead atoms. The molecule has 102 valence electrons. The Balaban J connectivity index is 2.19. The summed E-state index contributed by atoms with van der Waals surface area (Å²) in [6.07, 6.45) is 3.55. The summed E-state index contributed by atoms with van der Waals surface area (Å²) < 4.78 is 22.6. The minimum absolute atomic E-state index is 0.0361. The smallest absolute Gasteiger partial charge is 0.150 e. The molecule has 0 N–H and O–H groups in total. The lowest BCUT2D eigenvalue weighted by atomic mass is 10.1. The van der Waals surface area contributed by atoms with Gasteiger partial charge in [-0.25, -0.2) is 8.42 Å². The molecule has 1 aromatic carbocycles. The van der Waals surface area contributed by atoms with Gasteiger partial charge in [-0.3, -0.25) is 0 Å². The SMILES string of the molecule is CCS(=O)(=O)CCCCCC(Cl)c1ccccc1. The maximum atomic E-state index is 11.3. The number of hydrogen-bond acceptors (Lipinski definition) is 2. The Kier molecular flexibility index (Phi) is 6.72. The molecule has 1 aromatic rings. The van der Waals surface area contributed by atoms with Gasteiger partial charge in [0, 0.05) is 5.75 Å². The van der Waals surface area contributed by atoms with Crippen molar-refractivity contribution in [3.05, 3.63) is 35.9 Å². The van der Waals surface area contributed by atoms with Gasteiger partial charge < -0.3 is 0 Å². The van der Waals surface area contributed by atoms with Gasteiger partial charge in [-0.15, -0.1) is 11.6 Å². The number of rotatable bonds is 8. The molecule has 0 saturated carbocycles. The molecular weight excluding hydrogens is 268 g/mol. The van der Waals surface area contributed by atoms with Gasteiger partial charge in [0.2, 0.25) is 0 Å². The van der Waals surface area contributed by atoms with Crippen molar-refractivity contribution in [1.29, 1.82) is 0 Å². The van der Waals surface area contributed by atoms with Crippen molar-refractivity contribution < 1.29 is 8.42 Å². The van der Waals surface area contributed by atoms with E-state index >= 15 is 0 Å². The monoisotopic (exact) mass is 288 g/mol. The van der Waals surface area contributed by atoms with Gasteiger partial charge in [-0.2, -0.15) is 0 Å². The number of alkyl halides is 1. The van der Waals surface area contributed by atoms with E-state index in [0.717, 1.165) is 31.2 Å². The van der Waals surface area contributed by atoms with E-state index in [1.54, 1.807) is 6.92 Å². The number of sulfone groups is 1. The lowest BCUT2D eigenvalue weighted by Gasteiger charge is -2.09. The van der Waals surface area contributed by atoms with Gasteiger partial charge in [-0.05, 0) is 18.4 Å². The van der Waals surface area contributed by atoms with E-state index in [1.165, 1.54) is 0 Å². The molecule has 0 aliphatic carbocycles. The van der Waals surface area contributed by atoms with Gasteiger partial charge in [-0.1, -0.05) is 50.1 Å². The Morgan fingerprint density at radius 1 is 1.11 bits per heavy atom. The molecule has 1 unspecified atom stereocenters. The van der Waals surface area contributed by atoms with Crippen LogP contribution in [0.3, 0.4) is 0 Å². The van der Waals surface area contributed by atoms with Crippen LogP contribution < -0.4 is 0 Å². The predicted molar refractivity (Wildman–Crippen MR) is 77.8 cm³/mol. The molecular formula is C14H21ClO2S. The lowest BCUT2D eigenvalue weighted by molar-refractivity contribution is 0.588. The fourth-order valence-corrected chi connectivity index (χ4v) is 3.03. The van der Waals surface area contributed by atoms with Crippen molar-refractivity contribution in [3.63, 3.8) is 0 Å². The highest BCUT2D eigenvalue weighted by Gasteiger charge is 2.09.